The number of alkyl halides is 3. The second-order valence-corrected chi connectivity index (χ2v) is 4.18. The van der Waals surface area contributed by atoms with Gasteiger partial charge in [-0.25, -0.2) is 4.90 Å². The SMILES string of the molecule is O=C1c2ccccc2C(=O)N1/C=C/C(=O)C(F)(F)Cl. The number of benzene rings is 1. The van der Waals surface area contributed by atoms with E-state index in [1.165, 1.54) is 12.1 Å². The molecular formula is C12H6ClF2NO3. The molecule has 0 fully saturated rings. The van der Waals surface area contributed by atoms with Gasteiger partial charge in [-0.15, -0.1) is 0 Å². The fourth-order valence-electron chi connectivity index (χ4n) is 1.58. The van der Waals surface area contributed by atoms with Crippen LogP contribution in [0.15, 0.2) is 36.5 Å². The maximum atomic E-state index is 12.4. The summed E-state index contributed by atoms with van der Waals surface area (Å²) in [4.78, 5) is 35.1. The predicted molar refractivity (Wildman–Crippen MR) is 61.9 cm³/mol. The Hall–Kier alpha value is -2.08. The molecule has 2 rings (SSSR count). The Kier molecular flexibility index (Phi) is 3.20. The fraction of sp³-hybridized carbons (Fsp3) is 0.0833. The van der Waals surface area contributed by atoms with Gasteiger partial charge in [-0.2, -0.15) is 8.78 Å². The lowest BCUT2D eigenvalue weighted by atomic mass is 10.1. The molecule has 1 heterocycles. The number of carbonyl (C=O) groups excluding carboxylic acids is 3. The smallest absolute Gasteiger partial charge is 0.286 e. The minimum absolute atomic E-state index is 0.155. The van der Waals surface area contributed by atoms with Gasteiger partial charge in [-0.05, 0) is 23.7 Å². The van der Waals surface area contributed by atoms with E-state index in [-0.39, 0.29) is 11.1 Å². The van der Waals surface area contributed by atoms with Gasteiger partial charge in [0.1, 0.15) is 0 Å². The van der Waals surface area contributed by atoms with E-state index in [9.17, 15) is 23.2 Å². The molecule has 1 aromatic rings. The lowest BCUT2D eigenvalue weighted by molar-refractivity contribution is -0.128. The fourth-order valence-corrected chi connectivity index (χ4v) is 1.64. The van der Waals surface area contributed by atoms with Crippen LogP contribution in [-0.2, 0) is 4.79 Å². The van der Waals surface area contributed by atoms with Crippen molar-refractivity contribution >= 4 is 29.2 Å². The van der Waals surface area contributed by atoms with Gasteiger partial charge in [0.2, 0.25) is 5.78 Å². The van der Waals surface area contributed by atoms with Gasteiger partial charge in [-0.3, -0.25) is 14.4 Å². The van der Waals surface area contributed by atoms with Gasteiger partial charge >= 0.3 is 5.38 Å². The van der Waals surface area contributed by atoms with Crippen LogP contribution in [0.25, 0.3) is 0 Å². The first-order valence-electron chi connectivity index (χ1n) is 5.08. The quantitative estimate of drug-likeness (QED) is 0.486. The number of fused-ring (bicyclic) bond motifs is 1. The molecule has 0 aliphatic carbocycles. The minimum Gasteiger partial charge on any atom is -0.286 e. The number of nitrogens with zero attached hydrogens (tertiary/aromatic N) is 1. The molecule has 0 saturated carbocycles. The van der Waals surface area contributed by atoms with Gasteiger partial charge in [-0.1, -0.05) is 12.1 Å². The molecule has 1 aliphatic rings. The Labute approximate surface area is 111 Å². The highest BCUT2D eigenvalue weighted by atomic mass is 35.5. The third-order valence-corrected chi connectivity index (χ3v) is 2.67. The molecule has 0 unspecified atom stereocenters. The molecule has 0 bridgehead atoms. The summed E-state index contributed by atoms with van der Waals surface area (Å²) in [6.45, 7) is 0. The molecular weight excluding hydrogens is 280 g/mol. The number of carbonyl (C=O) groups is 3. The highest BCUT2D eigenvalue weighted by Crippen LogP contribution is 2.24. The number of allylic oxidation sites excluding steroid dienone is 1. The Balaban J connectivity index is 2.26. The Morgan fingerprint density at radius 1 is 1.16 bits per heavy atom. The van der Waals surface area contributed by atoms with E-state index in [0.717, 1.165) is 0 Å². The molecule has 4 nitrogen and oxygen atoms in total. The minimum atomic E-state index is -4.06. The van der Waals surface area contributed by atoms with Crippen LogP contribution >= 0.6 is 11.6 Å². The summed E-state index contributed by atoms with van der Waals surface area (Å²) in [6, 6.07) is 5.99. The molecule has 98 valence electrons. The topological polar surface area (TPSA) is 54.5 Å². The van der Waals surface area contributed by atoms with Crippen molar-refractivity contribution in [3.63, 3.8) is 0 Å². The number of ketones is 1. The molecule has 0 aromatic heterocycles. The van der Waals surface area contributed by atoms with E-state index in [0.29, 0.717) is 17.2 Å². The summed E-state index contributed by atoms with van der Waals surface area (Å²) in [7, 11) is 0. The van der Waals surface area contributed by atoms with Crippen molar-refractivity contribution in [2.24, 2.45) is 0 Å². The van der Waals surface area contributed by atoms with Crippen LogP contribution in [-0.4, -0.2) is 27.9 Å². The van der Waals surface area contributed by atoms with Crippen LogP contribution in [0.1, 0.15) is 20.7 Å². The second-order valence-electron chi connectivity index (χ2n) is 3.70. The predicted octanol–water partition coefficient (Wildman–Crippen LogP) is 2.20. The van der Waals surface area contributed by atoms with E-state index >= 15 is 0 Å². The van der Waals surface area contributed by atoms with E-state index < -0.39 is 23.0 Å². The summed E-state index contributed by atoms with van der Waals surface area (Å²) in [6.07, 6.45) is 1.10. The zero-order valence-electron chi connectivity index (χ0n) is 9.27. The van der Waals surface area contributed by atoms with Gasteiger partial charge in [0.15, 0.2) is 0 Å². The molecule has 0 N–H and O–H groups in total. The summed E-state index contributed by atoms with van der Waals surface area (Å²) in [5.41, 5.74) is 0.310. The second kappa shape index (κ2) is 4.55. The van der Waals surface area contributed by atoms with Crippen LogP contribution in [0.4, 0.5) is 8.78 Å². The Bertz CT molecular complexity index is 572. The molecule has 0 saturated heterocycles. The molecule has 1 aromatic carbocycles. The summed E-state index contributed by atoms with van der Waals surface area (Å²) in [5, 5.41) is -4.06. The first-order valence-corrected chi connectivity index (χ1v) is 5.46. The third kappa shape index (κ3) is 2.39. The molecule has 0 atom stereocenters. The van der Waals surface area contributed by atoms with Crippen LogP contribution in [0, 0.1) is 0 Å². The Morgan fingerprint density at radius 3 is 2.05 bits per heavy atom. The molecule has 1 aliphatic heterocycles. The monoisotopic (exact) mass is 285 g/mol. The average Bonchev–Trinajstić information content (AvgIpc) is 2.59. The Morgan fingerprint density at radius 2 is 1.63 bits per heavy atom. The highest BCUT2D eigenvalue weighted by Gasteiger charge is 2.36. The zero-order valence-corrected chi connectivity index (χ0v) is 10.0. The van der Waals surface area contributed by atoms with Crippen molar-refractivity contribution in [1.29, 1.82) is 0 Å². The van der Waals surface area contributed by atoms with Crippen molar-refractivity contribution in [1.82, 2.24) is 4.90 Å². The van der Waals surface area contributed by atoms with E-state index in [1.807, 2.05) is 0 Å². The number of amides is 2. The molecule has 7 heteroatoms. The molecule has 19 heavy (non-hydrogen) atoms. The van der Waals surface area contributed by atoms with Gasteiger partial charge in [0, 0.05) is 12.3 Å². The van der Waals surface area contributed by atoms with E-state index in [4.69, 9.17) is 0 Å². The highest BCUT2D eigenvalue weighted by molar-refractivity contribution is 6.34. The third-order valence-electron chi connectivity index (χ3n) is 2.48. The maximum Gasteiger partial charge on any atom is 0.384 e. The van der Waals surface area contributed by atoms with Crippen molar-refractivity contribution in [2.45, 2.75) is 5.38 Å². The van der Waals surface area contributed by atoms with E-state index in [2.05, 4.69) is 11.6 Å². The zero-order chi connectivity index (χ0) is 14.2. The first kappa shape index (κ1) is 13.4. The number of hydrogen-bond acceptors (Lipinski definition) is 3. The molecule has 0 radical (unpaired) electrons. The van der Waals surface area contributed by atoms with Crippen molar-refractivity contribution in [3.05, 3.63) is 47.7 Å². The normalized spacial score (nSPS) is 15.2. The summed E-state index contributed by atoms with van der Waals surface area (Å²) < 4.78 is 24.8. The summed E-state index contributed by atoms with van der Waals surface area (Å²) >= 11 is 4.51. The number of rotatable bonds is 3. The molecule has 0 spiro atoms. The number of imide groups is 1. The van der Waals surface area contributed by atoms with Crippen LogP contribution in [0.3, 0.4) is 0 Å². The van der Waals surface area contributed by atoms with Gasteiger partial charge in [0.05, 0.1) is 11.1 Å². The van der Waals surface area contributed by atoms with Gasteiger partial charge in [0.25, 0.3) is 11.8 Å². The van der Waals surface area contributed by atoms with Crippen molar-refractivity contribution in [3.8, 4) is 0 Å². The lowest BCUT2D eigenvalue weighted by Crippen LogP contribution is -2.25. The van der Waals surface area contributed by atoms with E-state index in [1.54, 1.807) is 12.1 Å². The van der Waals surface area contributed by atoms with Crippen molar-refractivity contribution in [2.75, 3.05) is 0 Å². The van der Waals surface area contributed by atoms with Crippen LogP contribution in [0.5, 0.6) is 0 Å². The van der Waals surface area contributed by atoms with Crippen LogP contribution in [0.2, 0.25) is 0 Å². The number of halogens is 3. The van der Waals surface area contributed by atoms with Crippen molar-refractivity contribution < 1.29 is 23.2 Å². The largest absolute Gasteiger partial charge is 0.384 e. The number of hydrogen-bond donors (Lipinski definition) is 0. The van der Waals surface area contributed by atoms with Gasteiger partial charge < -0.3 is 0 Å². The maximum absolute atomic E-state index is 12.4. The first-order chi connectivity index (χ1) is 8.82. The molecule has 2 amide bonds. The van der Waals surface area contributed by atoms with Crippen LogP contribution < -0.4 is 0 Å². The summed E-state index contributed by atoms with van der Waals surface area (Å²) in [5.74, 6) is -3.06. The lowest BCUT2D eigenvalue weighted by Gasteiger charge is -2.07. The average molecular weight is 286 g/mol. The standard InChI is InChI=1S/C12H6ClF2NO3/c13-12(14,15)9(17)5-6-16-10(18)7-3-1-2-4-8(7)11(16)19/h1-6H/b6-5+.